The van der Waals surface area contributed by atoms with Gasteiger partial charge in [0.15, 0.2) is 0 Å². The fraction of sp³-hybridized carbons (Fsp3) is 0.600. The zero-order chi connectivity index (χ0) is 24.3. The summed E-state index contributed by atoms with van der Waals surface area (Å²) < 4.78 is 0. The largest absolute Gasteiger partial charge is 0.352 e. The second-order valence-corrected chi connectivity index (χ2v) is 9.57. The van der Waals surface area contributed by atoms with Gasteiger partial charge in [0.05, 0.1) is 5.69 Å². The van der Waals surface area contributed by atoms with E-state index in [9.17, 15) is 19.2 Å². The molecule has 33 heavy (non-hydrogen) atoms. The highest BCUT2D eigenvalue weighted by Gasteiger charge is 2.44. The zero-order valence-electron chi connectivity index (χ0n) is 20.2. The van der Waals surface area contributed by atoms with Crippen molar-refractivity contribution in [3.8, 4) is 0 Å². The molecule has 0 aromatic heterocycles. The second kappa shape index (κ2) is 10.4. The van der Waals surface area contributed by atoms with Gasteiger partial charge in [0.1, 0.15) is 18.1 Å². The van der Waals surface area contributed by atoms with Crippen LogP contribution < -0.4 is 20.9 Å². The minimum atomic E-state index is -0.769. The number of para-hydroxylation sites is 1. The number of rotatable bonds is 8. The molecule has 3 rings (SSSR count). The van der Waals surface area contributed by atoms with E-state index in [4.69, 9.17) is 0 Å². The number of benzene rings is 1. The summed E-state index contributed by atoms with van der Waals surface area (Å²) in [7, 11) is 0. The lowest BCUT2D eigenvalue weighted by atomic mass is 10.00. The van der Waals surface area contributed by atoms with E-state index in [0.29, 0.717) is 19.3 Å². The summed E-state index contributed by atoms with van der Waals surface area (Å²) in [4.78, 5) is 53.0. The van der Waals surface area contributed by atoms with Crippen LogP contribution >= 0.6 is 0 Å². The van der Waals surface area contributed by atoms with Gasteiger partial charge in [0.25, 0.3) is 0 Å². The number of carbonyl (C=O) groups excluding carboxylic acids is 4. The average Bonchev–Trinajstić information content (AvgIpc) is 3.08. The van der Waals surface area contributed by atoms with Gasteiger partial charge in [-0.1, -0.05) is 45.4 Å². The second-order valence-electron chi connectivity index (χ2n) is 9.57. The lowest BCUT2D eigenvalue weighted by Crippen LogP contribution is -2.58. The minimum absolute atomic E-state index is 0.0210. The molecule has 3 N–H and O–H groups in total. The lowest BCUT2D eigenvalue weighted by molar-refractivity contribution is -0.132. The van der Waals surface area contributed by atoms with Crippen molar-refractivity contribution in [2.45, 2.75) is 90.9 Å². The summed E-state index contributed by atoms with van der Waals surface area (Å²) in [6.07, 6.45) is 3.33. The highest BCUT2D eigenvalue weighted by Crippen LogP contribution is 2.39. The summed E-state index contributed by atoms with van der Waals surface area (Å²) in [6, 6.07) is 3.79. The van der Waals surface area contributed by atoms with Crippen molar-refractivity contribution < 1.29 is 19.2 Å². The first-order valence-corrected chi connectivity index (χ1v) is 12.0. The molecule has 2 heterocycles. The predicted molar refractivity (Wildman–Crippen MR) is 127 cm³/mol. The van der Waals surface area contributed by atoms with Crippen LogP contribution in [0, 0.1) is 5.92 Å². The topological polar surface area (TPSA) is 108 Å². The molecular weight excluding hydrogens is 420 g/mol. The molecule has 0 spiro atoms. The van der Waals surface area contributed by atoms with E-state index in [1.165, 1.54) is 6.92 Å². The molecule has 2 aliphatic heterocycles. The maximum absolute atomic E-state index is 13.7. The molecule has 1 aromatic carbocycles. The molecule has 4 atom stereocenters. The molecule has 1 aromatic rings. The first-order valence-electron chi connectivity index (χ1n) is 12.0. The quantitative estimate of drug-likeness (QED) is 0.555. The molecule has 0 bridgehead atoms. The summed E-state index contributed by atoms with van der Waals surface area (Å²) in [6.45, 7) is 9.09. The smallest absolute Gasteiger partial charge is 0.250 e. The van der Waals surface area contributed by atoms with Gasteiger partial charge in [-0.3, -0.25) is 24.1 Å². The molecule has 2 aliphatic rings. The highest BCUT2D eigenvalue weighted by molar-refractivity contribution is 6.08. The number of nitrogens with one attached hydrogen (secondary N) is 3. The van der Waals surface area contributed by atoms with Crippen LogP contribution in [0.25, 0.3) is 0 Å². The number of hydrogen-bond acceptors (Lipinski definition) is 4. The van der Waals surface area contributed by atoms with Crippen molar-refractivity contribution in [1.29, 1.82) is 0 Å². The maximum Gasteiger partial charge on any atom is 0.250 e. The first kappa shape index (κ1) is 24.7. The van der Waals surface area contributed by atoms with Crippen LogP contribution in [0.4, 0.5) is 5.69 Å². The van der Waals surface area contributed by atoms with Crippen LogP contribution in [-0.2, 0) is 32.0 Å². The molecule has 0 saturated carbocycles. The first-order chi connectivity index (χ1) is 15.6. The van der Waals surface area contributed by atoms with E-state index in [2.05, 4.69) is 22.9 Å². The summed E-state index contributed by atoms with van der Waals surface area (Å²) in [5.74, 6) is -1.27. The minimum Gasteiger partial charge on any atom is -0.352 e. The number of aryl methyl sites for hydroxylation is 1. The Morgan fingerprint density at radius 3 is 2.45 bits per heavy atom. The van der Waals surface area contributed by atoms with Gasteiger partial charge in [-0.25, -0.2) is 0 Å². The van der Waals surface area contributed by atoms with Crippen LogP contribution in [-0.4, -0.2) is 47.8 Å². The van der Waals surface area contributed by atoms with Crippen molar-refractivity contribution >= 4 is 29.3 Å². The highest BCUT2D eigenvalue weighted by atomic mass is 16.2. The Hall–Kier alpha value is -2.90. The average molecular weight is 457 g/mol. The van der Waals surface area contributed by atoms with E-state index in [1.54, 1.807) is 4.90 Å². The molecular formula is C25H36N4O4. The third-order valence-corrected chi connectivity index (χ3v) is 6.44. The Kier molecular flexibility index (Phi) is 7.76. The third-order valence-electron chi connectivity index (χ3n) is 6.44. The molecule has 8 heteroatoms. The maximum atomic E-state index is 13.7. The Morgan fingerprint density at radius 1 is 1.12 bits per heavy atom. The number of anilines is 1. The molecule has 4 amide bonds. The number of hydrogen-bond donors (Lipinski definition) is 3. The van der Waals surface area contributed by atoms with Crippen molar-refractivity contribution in [1.82, 2.24) is 16.0 Å². The van der Waals surface area contributed by atoms with Gasteiger partial charge >= 0.3 is 0 Å². The number of nitrogens with zero attached hydrogens (tertiary/aromatic N) is 1. The molecule has 0 fully saturated rings. The molecule has 180 valence electrons. The monoisotopic (exact) mass is 456 g/mol. The standard InChI is InChI=1S/C25H36N4O4/c1-6-8-15(4)26-23(31)20-13-18-10-7-9-17-11-12-19(25(33)29(20)22(17)18)28-24(32)21(14(2)3)27-16(5)30/h7,9-10,14-15,19-21H,6,8,11-13H2,1-5H3,(H,26,31)(H,27,30)(H,28,32)/t15-,19-,20-,21-/m0/s1. The van der Waals surface area contributed by atoms with Crippen molar-refractivity contribution in [2.24, 2.45) is 5.92 Å². The van der Waals surface area contributed by atoms with E-state index in [0.717, 1.165) is 29.7 Å². The summed E-state index contributed by atoms with van der Waals surface area (Å²) in [5, 5.41) is 8.58. The molecule has 0 aliphatic carbocycles. The van der Waals surface area contributed by atoms with Gasteiger partial charge < -0.3 is 16.0 Å². The van der Waals surface area contributed by atoms with E-state index >= 15 is 0 Å². The Morgan fingerprint density at radius 2 is 1.82 bits per heavy atom. The fourth-order valence-electron chi connectivity index (χ4n) is 4.83. The Bertz CT molecular complexity index is 929. The van der Waals surface area contributed by atoms with Crippen molar-refractivity contribution in [3.63, 3.8) is 0 Å². The normalized spacial score (nSPS) is 21.2. The van der Waals surface area contributed by atoms with E-state index in [-0.39, 0.29) is 35.6 Å². The Labute approximate surface area is 195 Å². The van der Waals surface area contributed by atoms with Crippen LogP contribution in [0.1, 0.15) is 65.0 Å². The van der Waals surface area contributed by atoms with E-state index < -0.39 is 18.1 Å². The fourth-order valence-corrected chi connectivity index (χ4v) is 4.83. The van der Waals surface area contributed by atoms with Gasteiger partial charge in [-0.05, 0) is 43.2 Å². The van der Waals surface area contributed by atoms with E-state index in [1.807, 2.05) is 39.0 Å². The predicted octanol–water partition coefficient (Wildman–Crippen LogP) is 1.84. The summed E-state index contributed by atoms with van der Waals surface area (Å²) >= 11 is 0. The Balaban J connectivity index is 1.86. The van der Waals surface area contributed by atoms with Gasteiger partial charge in [0, 0.05) is 19.4 Å². The van der Waals surface area contributed by atoms with Crippen molar-refractivity contribution in [2.75, 3.05) is 4.90 Å². The van der Waals surface area contributed by atoms with Gasteiger partial charge in [-0.15, -0.1) is 0 Å². The molecule has 8 nitrogen and oxygen atoms in total. The van der Waals surface area contributed by atoms with Crippen molar-refractivity contribution in [3.05, 3.63) is 29.3 Å². The SMILES string of the molecule is CCC[C@H](C)NC(=O)[C@@H]1Cc2cccc3c2N1C(=O)[C@@H](NC(=O)[C@@H](NC(C)=O)C(C)C)CC3. The zero-order valence-corrected chi connectivity index (χ0v) is 20.2. The van der Waals surface area contributed by atoms with Gasteiger partial charge in [-0.2, -0.15) is 0 Å². The van der Waals surface area contributed by atoms with Crippen LogP contribution in [0.15, 0.2) is 18.2 Å². The lowest BCUT2D eigenvalue weighted by Gasteiger charge is -2.30. The van der Waals surface area contributed by atoms with Crippen LogP contribution in [0.3, 0.4) is 0 Å². The molecule has 0 radical (unpaired) electrons. The molecule has 0 unspecified atom stereocenters. The van der Waals surface area contributed by atoms with Crippen LogP contribution in [0.5, 0.6) is 0 Å². The van der Waals surface area contributed by atoms with Gasteiger partial charge in [0.2, 0.25) is 23.6 Å². The number of carbonyl (C=O) groups is 4. The third kappa shape index (κ3) is 5.37. The summed E-state index contributed by atoms with van der Waals surface area (Å²) in [5.41, 5.74) is 2.80. The molecule has 0 saturated heterocycles. The number of amides is 4. The van der Waals surface area contributed by atoms with Crippen LogP contribution in [0.2, 0.25) is 0 Å².